The van der Waals surface area contributed by atoms with E-state index in [1.54, 1.807) is 0 Å². The van der Waals surface area contributed by atoms with Gasteiger partial charge >= 0.3 is 18.1 Å². The van der Waals surface area contributed by atoms with Gasteiger partial charge < -0.3 is 28.7 Å². The van der Waals surface area contributed by atoms with Gasteiger partial charge in [0.2, 0.25) is 0 Å². The van der Waals surface area contributed by atoms with Crippen LogP contribution in [0.25, 0.3) is 0 Å². The minimum Gasteiger partial charge on any atom is -0.488 e. The number of hydrogen-bond donors (Lipinski definition) is 0. The number of methoxy groups -OCH3 is 2. The molecule has 8 nitrogen and oxygen atoms in total. The molecule has 0 saturated carbocycles. The van der Waals surface area contributed by atoms with Crippen molar-refractivity contribution in [1.29, 1.82) is 0 Å². The molecule has 2 aliphatic rings. The number of carbonyl (C=O) groups is 2. The van der Waals surface area contributed by atoms with Crippen LogP contribution in [-0.4, -0.2) is 70.6 Å². The van der Waals surface area contributed by atoms with Crippen molar-refractivity contribution in [2.45, 2.75) is 25.1 Å². The van der Waals surface area contributed by atoms with E-state index >= 15 is 0 Å². The number of ether oxygens (including phenoxy) is 4. The molecular weight excluding hydrogens is 433 g/mol. The number of anilines is 1. The van der Waals surface area contributed by atoms with Crippen LogP contribution in [-0.2, 0) is 30.0 Å². The van der Waals surface area contributed by atoms with Crippen molar-refractivity contribution >= 4 is 17.6 Å². The predicted octanol–water partition coefficient (Wildman–Crippen LogP) is 2.57. The fourth-order valence-electron chi connectivity index (χ4n) is 3.62. The molecule has 2 heterocycles. The van der Waals surface area contributed by atoms with Gasteiger partial charge in [-0.15, -0.1) is 0 Å². The van der Waals surface area contributed by atoms with Gasteiger partial charge in [-0.25, -0.2) is 9.59 Å². The molecule has 0 N–H and O–H groups in total. The molecule has 3 rings (SSSR count). The zero-order valence-corrected chi connectivity index (χ0v) is 18.0. The van der Waals surface area contributed by atoms with Crippen LogP contribution in [0.3, 0.4) is 0 Å². The first-order valence-corrected chi connectivity index (χ1v) is 9.97. The van der Waals surface area contributed by atoms with E-state index in [0.29, 0.717) is 12.8 Å². The summed E-state index contributed by atoms with van der Waals surface area (Å²) in [5.74, 6) is -1.61. The van der Waals surface area contributed by atoms with Gasteiger partial charge in [0.25, 0.3) is 0 Å². The van der Waals surface area contributed by atoms with Gasteiger partial charge in [0.1, 0.15) is 24.3 Å². The standard InChI is InChI=1S/C21H25F3N2O6/c1-25-8-6-14(7-9-25)32-17-5-4-13(21(22,23)24)10-16(17)26-12-31-11-15(19(27)29-2)18(26)20(28)30-3/h4-5,10,14H,6-9,11-12H2,1-3H3. The second-order valence-corrected chi connectivity index (χ2v) is 7.52. The Morgan fingerprint density at radius 2 is 1.75 bits per heavy atom. The Morgan fingerprint density at radius 3 is 2.34 bits per heavy atom. The summed E-state index contributed by atoms with van der Waals surface area (Å²) in [4.78, 5) is 28.1. The zero-order valence-electron chi connectivity index (χ0n) is 18.0. The lowest BCUT2D eigenvalue weighted by Crippen LogP contribution is -2.39. The molecule has 0 bridgehead atoms. The Kier molecular flexibility index (Phi) is 7.29. The zero-order chi connectivity index (χ0) is 23.5. The Labute approximate surface area is 183 Å². The molecule has 0 atom stereocenters. The monoisotopic (exact) mass is 458 g/mol. The number of alkyl halides is 3. The number of nitrogens with zero attached hydrogens (tertiary/aromatic N) is 2. The summed E-state index contributed by atoms with van der Waals surface area (Å²) < 4.78 is 61.4. The predicted molar refractivity (Wildman–Crippen MR) is 107 cm³/mol. The van der Waals surface area contributed by atoms with Crippen LogP contribution in [0.1, 0.15) is 18.4 Å². The number of hydrogen-bond acceptors (Lipinski definition) is 8. The second kappa shape index (κ2) is 9.78. The number of halogens is 3. The number of rotatable bonds is 5. The molecule has 0 unspecified atom stereocenters. The van der Waals surface area contributed by atoms with Crippen molar-refractivity contribution < 1.29 is 41.7 Å². The van der Waals surface area contributed by atoms with E-state index in [2.05, 4.69) is 4.90 Å². The molecule has 2 aliphatic heterocycles. The van der Waals surface area contributed by atoms with E-state index in [1.807, 2.05) is 7.05 Å². The number of esters is 2. The Hall–Kier alpha value is -2.79. The number of likely N-dealkylation sites (tertiary alicyclic amines) is 1. The lowest BCUT2D eigenvalue weighted by molar-refractivity contribution is -0.140. The fraction of sp³-hybridized carbons (Fsp3) is 0.524. The average molecular weight is 458 g/mol. The highest BCUT2D eigenvalue weighted by atomic mass is 19.4. The van der Waals surface area contributed by atoms with Crippen LogP contribution in [0.2, 0.25) is 0 Å². The first-order valence-electron chi connectivity index (χ1n) is 9.97. The molecule has 0 spiro atoms. The Bertz CT molecular complexity index is 894. The maximum Gasteiger partial charge on any atom is 0.416 e. The molecule has 1 fully saturated rings. The number of piperidine rings is 1. The van der Waals surface area contributed by atoms with Gasteiger partial charge in [-0.1, -0.05) is 0 Å². The molecule has 1 aromatic carbocycles. The molecule has 0 aromatic heterocycles. The van der Waals surface area contributed by atoms with Gasteiger partial charge in [-0.05, 0) is 38.1 Å². The molecule has 32 heavy (non-hydrogen) atoms. The summed E-state index contributed by atoms with van der Waals surface area (Å²) in [5, 5.41) is 0. The topological polar surface area (TPSA) is 77.5 Å². The highest BCUT2D eigenvalue weighted by molar-refractivity contribution is 6.03. The number of benzene rings is 1. The van der Waals surface area contributed by atoms with Crippen LogP contribution < -0.4 is 9.64 Å². The minimum atomic E-state index is -4.63. The first kappa shape index (κ1) is 23.9. The van der Waals surface area contributed by atoms with Crippen molar-refractivity contribution in [3.05, 3.63) is 35.0 Å². The molecule has 0 aliphatic carbocycles. The van der Waals surface area contributed by atoms with E-state index in [-0.39, 0.29) is 42.1 Å². The molecule has 11 heteroatoms. The third-order valence-corrected chi connectivity index (χ3v) is 5.37. The number of carbonyl (C=O) groups excluding carboxylic acids is 2. The maximum atomic E-state index is 13.5. The van der Waals surface area contributed by atoms with Crippen LogP contribution in [0.4, 0.5) is 18.9 Å². The maximum absolute atomic E-state index is 13.5. The summed E-state index contributed by atoms with van der Waals surface area (Å²) in [7, 11) is 4.22. The quantitative estimate of drug-likeness (QED) is 0.624. The molecule has 1 aromatic rings. The van der Waals surface area contributed by atoms with E-state index in [9.17, 15) is 22.8 Å². The normalized spacial score (nSPS) is 18.5. The summed E-state index contributed by atoms with van der Waals surface area (Å²) in [5.41, 5.74) is -1.40. The highest BCUT2D eigenvalue weighted by Gasteiger charge is 2.37. The SMILES string of the molecule is COC(=O)C1=C(C(=O)OC)N(c2cc(C(F)(F)F)ccc2OC2CCN(C)CC2)COC1. The van der Waals surface area contributed by atoms with Crippen LogP contribution in [0.15, 0.2) is 29.5 Å². The minimum absolute atomic E-state index is 0.0553. The van der Waals surface area contributed by atoms with E-state index in [4.69, 9.17) is 18.9 Å². The van der Waals surface area contributed by atoms with Crippen molar-refractivity contribution in [3.8, 4) is 5.75 Å². The van der Waals surface area contributed by atoms with Gasteiger partial charge in [0.05, 0.1) is 37.7 Å². The summed E-state index contributed by atoms with van der Waals surface area (Å²) in [6.45, 7) is 1.04. The van der Waals surface area contributed by atoms with Gasteiger partial charge in [0.15, 0.2) is 0 Å². The summed E-state index contributed by atoms with van der Waals surface area (Å²) in [6, 6.07) is 3.01. The van der Waals surface area contributed by atoms with Gasteiger partial charge in [0, 0.05) is 13.1 Å². The second-order valence-electron chi connectivity index (χ2n) is 7.52. The van der Waals surface area contributed by atoms with E-state index in [1.165, 1.54) is 6.07 Å². The van der Waals surface area contributed by atoms with Crippen molar-refractivity contribution in [2.75, 3.05) is 52.6 Å². The van der Waals surface area contributed by atoms with Crippen molar-refractivity contribution in [2.24, 2.45) is 0 Å². The summed E-state index contributed by atoms with van der Waals surface area (Å²) in [6.07, 6.45) is -3.45. The van der Waals surface area contributed by atoms with Crippen LogP contribution in [0, 0.1) is 0 Å². The Morgan fingerprint density at radius 1 is 1.09 bits per heavy atom. The lowest BCUT2D eigenvalue weighted by atomic mass is 10.1. The van der Waals surface area contributed by atoms with E-state index in [0.717, 1.165) is 44.3 Å². The van der Waals surface area contributed by atoms with Crippen LogP contribution >= 0.6 is 0 Å². The Balaban J connectivity index is 2.09. The third kappa shape index (κ3) is 5.16. The van der Waals surface area contributed by atoms with Gasteiger partial charge in [-0.2, -0.15) is 13.2 Å². The lowest BCUT2D eigenvalue weighted by Gasteiger charge is -2.34. The molecular formula is C21H25F3N2O6. The largest absolute Gasteiger partial charge is 0.488 e. The smallest absolute Gasteiger partial charge is 0.416 e. The first-order chi connectivity index (χ1) is 15.2. The van der Waals surface area contributed by atoms with Crippen molar-refractivity contribution in [3.63, 3.8) is 0 Å². The van der Waals surface area contributed by atoms with Gasteiger partial charge in [-0.3, -0.25) is 0 Å². The molecule has 176 valence electrons. The van der Waals surface area contributed by atoms with E-state index < -0.39 is 23.7 Å². The average Bonchev–Trinajstić information content (AvgIpc) is 2.78. The summed E-state index contributed by atoms with van der Waals surface area (Å²) >= 11 is 0. The third-order valence-electron chi connectivity index (χ3n) is 5.37. The highest BCUT2D eigenvalue weighted by Crippen LogP contribution is 2.40. The molecule has 1 saturated heterocycles. The fourth-order valence-corrected chi connectivity index (χ4v) is 3.62. The van der Waals surface area contributed by atoms with Crippen LogP contribution in [0.5, 0.6) is 5.75 Å². The molecule has 0 amide bonds. The molecule has 0 radical (unpaired) electrons. The van der Waals surface area contributed by atoms with Crippen molar-refractivity contribution in [1.82, 2.24) is 4.90 Å².